The zero-order valence-electron chi connectivity index (χ0n) is 16.9. The molecule has 0 saturated carbocycles. The van der Waals surface area contributed by atoms with Crippen LogP contribution in [0.3, 0.4) is 0 Å². The Morgan fingerprint density at radius 1 is 1.03 bits per heavy atom. The number of hydrogen-bond donors (Lipinski definition) is 1. The lowest BCUT2D eigenvalue weighted by Gasteiger charge is -2.25. The van der Waals surface area contributed by atoms with E-state index in [1.165, 1.54) is 0 Å². The first kappa shape index (κ1) is 20.6. The Hall–Kier alpha value is -3.15. The van der Waals surface area contributed by atoms with Gasteiger partial charge in [0.15, 0.2) is 0 Å². The molecule has 0 bridgehead atoms. The van der Waals surface area contributed by atoms with E-state index in [0.717, 1.165) is 5.56 Å². The molecule has 6 nitrogen and oxygen atoms in total. The zero-order chi connectivity index (χ0) is 21.0. The number of nitrogens with zero attached hydrogens (tertiary/aromatic N) is 1. The van der Waals surface area contributed by atoms with E-state index in [1.54, 1.807) is 43.0 Å². The number of nitrogens with one attached hydrogen (secondary N) is 1. The molecule has 1 N–H and O–H groups in total. The monoisotopic (exact) mass is 394 g/mol. The van der Waals surface area contributed by atoms with Gasteiger partial charge in [-0.15, -0.1) is 0 Å². The molecular weight excluding hydrogens is 368 g/mol. The number of anilines is 1. The average Bonchev–Trinajstić information content (AvgIpc) is 3.10. The van der Waals surface area contributed by atoms with E-state index in [1.807, 2.05) is 37.3 Å². The molecule has 1 aliphatic heterocycles. The maximum absolute atomic E-state index is 12.6. The number of carbonyl (C=O) groups excluding carboxylic acids is 3. The molecule has 2 aromatic rings. The highest BCUT2D eigenvalue weighted by Gasteiger charge is 2.37. The van der Waals surface area contributed by atoms with Crippen molar-refractivity contribution in [3.8, 4) is 0 Å². The average molecular weight is 394 g/mol. The SMILES string of the molecule is CC(C)OC(=O)c1ccc(NC(=O)[C@H]2CC(=O)N([C@@H](C)c3ccccc3)C2)cc1. The van der Waals surface area contributed by atoms with Gasteiger partial charge in [0.05, 0.1) is 23.6 Å². The lowest BCUT2D eigenvalue weighted by molar-refractivity contribution is -0.129. The Morgan fingerprint density at radius 3 is 2.31 bits per heavy atom. The molecule has 2 aromatic carbocycles. The van der Waals surface area contributed by atoms with E-state index in [4.69, 9.17) is 4.74 Å². The third kappa shape index (κ3) is 5.02. The minimum atomic E-state index is -0.403. The van der Waals surface area contributed by atoms with Crippen LogP contribution in [0.25, 0.3) is 0 Å². The van der Waals surface area contributed by atoms with Crippen LogP contribution in [0.5, 0.6) is 0 Å². The smallest absolute Gasteiger partial charge is 0.338 e. The molecule has 2 atom stereocenters. The summed E-state index contributed by atoms with van der Waals surface area (Å²) in [6.45, 7) is 5.94. The number of ether oxygens (including phenoxy) is 1. The first-order valence-corrected chi connectivity index (χ1v) is 9.81. The highest BCUT2D eigenvalue weighted by Crippen LogP contribution is 2.29. The summed E-state index contributed by atoms with van der Waals surface area (Å²) in [4.78, 5) is 38.8. The van der Waals surface area contributed by atoms with Crippen molar-refractivity contribution in [2.24, 2.45) is 5.92 Å². The van der Waals surface area contributed by atoms with Gasteiger partial charge in [0, 0.05) is 18.7 Å². The summed E-state index contributed by atoms with van der Waals surface area (Å²) < 4.78 is 5.15. The second-order valence-electron chi connectivity index (χ2n) is 7.55. The largest absolute Gasteiger partial charge is 0.459 e. The summed E-state index contributed by atoms with van der Waals surface area (Å²) in [5, 5.41) is 2.84. The summed E-state index contributed by atoms with van der Waals surface area (Å²) in [5.41, 5.74) is 2.06. The minimum absolute atomic E-state index is 0.0201. The van der Waals surface area contributed by atoms with Gasteiger partial charge < -0.3 is 15.0 Å². The van der Waals surface area contributed by atoms with Gasteiger partial charge in [-0.25, -0.2) is 4.79 Å². The van der Waals surface area contributed by atoms with Crippen molar-refractivity contribution in [2.75, 3.05) is 11.9 Å². The predicted molar refractivity (Wildman–Crippen MR) is 110 cm³/mol. The van der Waals surface area contributed by atoms with E-state index >= 15 is 0 Å². The summed E-state index contributed by atoms with van der Waals surface area (Å²) in [5.74, 6) is -1.02. The van der Waals surface area contributed by atoms with E-state index in [9.17, 15) is 14.4 Å². The fraction of sp³-hybridized carbons (Fsp3) is 0.348. The van der Waals surface area contributed by atoms with Crippen LogP contribution in [-0.4, -0.2) is 35.3 Å². The molecule has 1 heterocycles. The van der Waals surface area contributed by atoms with Crippen molar-refractivity contribution in [2.45, 2.75) is 39.3 Å². The Labute approximate surface area is 170 Å². The molecule has 0 radical (unpaired) electrons. The molecule has 0 aliphatic carbocycles. The van der Waals surface area contributed by atoms with Crippen molar-refractivity contribution in [3.63, 3.8) is 0 Å². The van der Waals surface area contributed by atoms with Gasteiger partial charge in [-0.3, -0.25) is 9.59 Å². The highest BCUT2D eigenvalue weighted by molar-refractivity contribution is 5.98. The van der Waals surface area contributed by atoms with Crippen LogP contribution < -0.4 is 5.32 Å². The normalized spacial score (nSPS) is 17.3. The number of hydrogen-bond acceptors (Lipinski definition) is 4. The Bertz CT molecular complexity index is 878. The van der Waals surface area contributed by atoms with Gasteiger partial charge in [0.1, 0.15) is 0 Å². The quantitative estimate of drug-likeness (QED) is 0.756. The van der Waals surface area contributed by atoms with Crippen molar-refractivity contribution in [3.05, 3.63) is 65.7 Å². The van der Waals surface area contributed by atoms with Crippen molar-refractivity contribution < 1.29 is 19.1 Å². The van der Waals surface area contributed by atoms with Crippen molar-refractivity contribution in [1.82, 2.24) is 4.90 Å². The Kier molecular flexibility index (Phi) is 6.32. The zero-order valence-corrected chi connectivity index (χ0v) is 16.9. The molecule has 0 aromatic heterocycles. The third-order valence-electron chi connectivity index (χ3n) is 5.01. The van der Waals surface area contributed by atoms with Gasteiger partial charge in [0.25, 0.3) is 0 Å². The molecule has 1 saturated heterocycles. The molecule has 0 spiro atoms. The Morgan fingerprint density at radius 2 is 1.69 bits per heavy atom. The Balaban J connectivity index is 1.60. The summed E-state index contributed by atoms with van der Waals surface area (Å²) >= 11 is 0. The number of benzene rings is 2. The number of likely N-dealkylation sites (tertiary alicyclic amines) is 1. The van der Waals surface area contributed by atoms with Gasteiger partial charge in [-0.1, -0.05) is 30.3 Å². The maximum atomic E-state index is 12.6. The van der Waals surface area contributed by atoms with Crippen LogP contribution in [0.2, 0.25) is 0 Å². The van der Waals surface area contributed by atoms with Crippen LogP contribution in [0, 0.1) is 5.92 Å². The van der Waals surface area contributed by atoms with Crippen molar-refractivity contribution in [1.29, 1.82) is 0 Å². The second kappa shape index (κ2) is 8.90. The third-order valence-corrected chi connectivity index (χ3v) is 5.01. The van der Waals surface area contributed by atoms with E-state index in [0.29, 0.717) is 17.8 Å². The van der Waals surface area contributed by atoms with Crippen LogP contribution in [-0.2, 0) is 14.3 Å². The van der Waals surface area contributed by atoms with Crippen LogP contribution in [0.1, 0.15) is 49.2 Å². The topological polar surface area (TPSA) is 75.7 Å². The molecule has 152 valence electrons. The standard InChI is InChI=1S/C23H26N2O4/c1-15(2)29-23(28)18-9-11-20(12-10-18)24-22(27)19-13-21(26)25(14-19)16(3)17-7-5-4-6-8-17/h4-12,15-16,19H,13-14H2,1-3H3,(H,24,27)/t16-,19-/m0/s1. The molecule has 0 unspecified atom stereocenters. The number of carbonyl (C=O) groups is 3. The minimum Gasteiger partial charge on any atom is -0.459 e. The second-order valence-corrected chi connectivity index (χ2v) is 7.55. The summed E-state index contributed by atoms with van der Waals surface area (Å²) in [7, 11) is 0. The first-order valence-electron chi connectivity index (χ1n) is 9.81. The molecular formula is C23H26N2O4. The van der Waals surface area contributed by atoms with Crippen molar-refractivity contribution >= 4 is 23.5 Å². The summed E-state index contributed by atoms with van der Waals surface area (Å²) in [6, 6.07) is 16.3. The van der Waals surface area contributed by atoms with E-state index < -0.39 is 11.9 Å². The fourth-order valence-corrected chi connectivity index (χ4v) is 3.41. The van der Waals surface area contributed by atoms with Gasteiger partial charge >= 0.3 is 5.97 Å². The highest BCUT2D eigenvalue weighted by atomic mass is 16.5. The summed E-state index contributed by atoms with van der Waals surface area (Å²) in [6.07, 6.45) is 0.00457. The lowest BCUT2D eigenvalue weighted by atomic mass is 10.1. The molecule has 29 heavy (non-hydrogen) atoms. The molecule has 6 heteroatoms. The lowest BCUT2D eigenvalue weighted by Crippen LogP contribution is -2.30. The van der Waals surface area contributed by atoms with Crippen LogP contribution in [0.15, 0.2) is 54.6 Å². The fourth-order valence-electron chi connectivity index (χ4n) is 3.41. The number of esters is 1. The molecule has 3 rings (SSSR count). The van der Waals surface area contributed by atoms with Gasteiger partial charge in [-0.05, 0) is 50.6 Å². The maximum Gasteiger partial charge on any atom is 0.338 e. The van der Waals surface area contributed by atoms with Gasteiger partial charge in [0.2, 0.25) is 11.8 Å². The number of rotatable bonds is 6. The first-order chi connectivity index (χ1) is 13.8. The van der Waals surface area contributed by atoms with Gasteiger partial charge in [-0.2, -0.15) is 0 Å². The predicted octanol–water partition coefficient (Wildman–Crippen LogP) is 3.80. The molecule has 1 aliphatic rings. The van der Waals surface area contributed by atoms with E-state index in [-0.39, 0.29) is 30.4 Å². The van der Waals surface area contributed by atoms with Crippen LogP contribution >= 0.6 is 0 Å². The van der Waals surface area contributed by atoms with E-state index in [2.05, 4.69) is 5.32 Å². The van der Waals surface area contributed by atoms with Crippen LogP contribution in [0.4, 0.5) is 5.69 Å². The number of amides is 2. The molecule has 2 amide bonds. The molecule has 1 fully saturated rings.